The van der Waals surface area contributed by atoms with Crippen LogP contribution in [0.15, 0.2) is 65.6 Å². The summed E-state index contributed by atoms with van der Waals surface area (Å²) in [7, 11) is -3.94. The van der Waals surface area contributed by atoms with Crippen molar-refractivity contribution >= 4 is 21.9 Å². The number of carbonyl (C=O) groups excluding carboxylic acids is 1. The highest BCUT2D eigenvalue weighted by atomic mass is 32.2. The molecule has 3 aromatic rings. The van der Waals surface area contributed by atoms with Crippen molar-refractivity contribution in [2.45, 2.75) is 30.7 Å². The Morgan fingerprint density at radius 3 is 2.24 bits per heavy atom. The number of amides is 2. The van der Waals surface area contributed by atoms with Crippen LogP contribution in [0.1, 0.15) is 24.1 Å². The predicted octanol–water partition coefficient (Wildman–Crippen LogP) is 3.20. The molecule has 0 atom stereocenters. The van der Waals surface area contributed by atoms with Crippen molar-refractivity contribution in [3.8, 4) is 11.4 Å². The molecule has 2 aliphatic rings. The second-order valence-electron chi connectivity index (χ2n) is 8.25. The van der Waals surface area contributed by atoms with Gasteiger partial charge in [0.15, 0.2) is 5.82 Å². The van der Waals surface area contributed by atoms with Gasteiger partial charge in [0, 0.05) is 37.2 Å². The van der Waals surface area contributed by atoms with E-state index in [4.69, 9.17) is 9.97 Å². The molecular weight excluding hydrogens is 438 g/mol. The Hall–Kier alpha value is -3.46. The molecule has 1 N–H and O–H groups in total. The van der Waals surface area contributed by atoms with Gasteiger partial charge in [-0.2, -0.15) is 0 Å². The second-order valence-corrected chi connectivity index (χ2v) is 9.93. The van der Waals surface area contributed by atoms with Crippen LogP contribution >= 0.6 is 0 Å². The normalized spacial score (nSPS) is 15.9. The zero-order valence-electron chi connectivity index (χ0n) is 18.1. The molecule has 0 aliphatic carbocycles. The van der Waals surface area contributed by atoms with Crippen LogP contribution in [-0.4, -0.2) is 49.0 Å². The van der Waals surface area contributed by atoms with Crippen molar-refractivity contribution in [1.29, 1.82) is 0 Å². The minimum absolute atomic E-state index is 0.0596. The molecule has 0 spiro atoms. The highest BCUT2D eigenvalue weighted by Gasteiger charge is 2.30. The van der Waals surface area contributed by atoms with Crippen LogP contribution in [0.3, 0.4) is 0 Å². The number of hydrogen-bond acceptors (Lipinski definition) is 6. The number of rotatable bonds is 4. The summed E-state index contributed by atoms with van der Waals surface area (Å²) in [4.78, 5) is 26.4. The van der Waals surface area contributed by atoms with Gasteiger partial charge >= 0.3 is 6.03 Å². The number of hydrogen-bond donors (Lipinski definition) is 1. The van der Waals surface area contributed by atoms with Crippen molar-refractivity contribution in [2.75, 3.05) is 24.5 Å². The minimum Gasteiger partial charge on any atom is -0.356 e. The zero-order chi connectivity index (χ0) is 22.8. The van der Waals surface area contributed by atoms with Gasteiger partial charge in [0.2, 0.25) is 0 Å². The minimum atomic E-state index is -3.94. The summed E-state index contributed by atoms with van der Waals surface area (Å²) in [5.41, 5.74) is 2.77. The summed E-state index contributed by atoms with van der Waals surface area (Å²) < 4.78 is 27.4. The molecule has 2 aromatic carbocycles. The molecule has 170 valence electrons. The van der Waals surface area contributed by atoms with Gasteiger partial charge in [0.25, 0.3) is 10.0 Å². The van der Waals surface area contributed by atoms with E-state index in [1.807, 2.05) is 30.3 Å². The molecule has 1 fully saturated rings. The van der Waals surface area contributed by atoms with Gasteiger partial charge in [-0.25, -0.2) is 27.9 Å². The largest absolute Gasteiger partial charge is 0.356 e. The molecule has 5 rings (SSSR count). The number of nitrogens with zero attached hydrogens (tertiary/aromatic N) is 4. The Kier molecular flexibility index (Phi) is 5.72. The fraction of sp³-hybridized carbons (Fsp3) is 0.292. The van der Waals surface area contributed by atoms with E-state index >= 15 is 0 Å². The summed E-state index contributed by atoms with van der Waals surface area (Å²) in [6.45, 7) is 2.47. The average Bonchev–Trinajstić information content (AvgIpc) is 3.39. The zero-order valence-corrected chi connectivity index (χ0v) is 19.0. The molecule has 8 nitrogen and oxygen atoms in total. The van der Waals surface area contributed by atoms with Crippen LogP contribution in [0.4, 0.5) is 10.6 Å². The number of aromatic nitrogens is 2. The fourth-order valence-electron chi connectivity index (χ4n) is 4.31. The molecule has 1 saturated heterocycles. The van der Waals surface area contributed by atoms with Gasteiger partial charge in [-0.3, -0.25) is 0 Å². The van der Waals surface area contributed by atoms with E-state index in [2.05, 4.69) is 9.62 Å². The highest BCUT2D eigenvalue weighted by molar-refractivity contribution is 7.90. The first-order valence-corrected chi connectivity index (χ1v) is 12.6. The summed E-state index contributed by atoms with van der Waals surface area (Å²) in [5, 5.41) is 0. The average molecular weight is 464 g/mol. The lowest BCUT2D eigenvalue weighted by molar-refractivity contribution is 0.198. The maximum atomic E-state index is 12.9. The SMILES string of the molecule is O=C(NS(=O)(=O)c1ccccc1)N1CCc2nc(-c3ccccc3)nc(N3CCCC3)c2C1. The molecule has 0 saturated carbocycles. The monoisotopic (exact) mass is 463 g/mol. The quantitative estimate of drug-likeness (QED) is 0.638. The van der Waals surface area contributed by atoms with Crippen molar-refractivity contribution in [3.63, 3.8) is 0 Å². The standard InChI is InChI=1S/C24H25N5O3S/c30-24(27-33(31,32)19-11-5-2-6-12-19)29-16-13-21-20(17-29)23(28-14-7-8-15-28)26-22(25-21)18-9-3-1-4-10-18/h1-6,9-12H,7-8,13-17H2,(H,27,30). The summed E-state index contributed by atoms with van der Waals surface area (Å²) in [6.07, 6.45) is 2.73. The summed E-state index contributed by atoms with van der Waals surface area (Å²) >= 11 is 0. The lowest BCUT2D eigenvalue weighted by atomic mass is 10.0. The Labute approximate surface area is 193 Å². The van der Waals surface area contributed by atoms with E-state index in [1.54, 1.807) is 18.2 Å². The molecule has 33 heavy (non-hydrogen) atoms. The third-order valence-electron chi connectivity index (χ3n) is 6.04. The first-order valence-electron chi connectivity index (χ1n) is 11.1. The van der Waals surface area contributed by atoms with Gasteiger partial charge in [0.05, 0.1) is 17.1 Å². The van der Waals surface area contributed by atoms with Gasteiger partial charge in [-0.05, 0) is 25.0 Å². The fourth-order valence-corrected chi connectivity index (χ4v) is 5.31. The molecular formula is C24H25N5O3S. The molecule has 2 amide bonds. The lowest BCUT2D eigenvalue weighted by Crippen LogP contribution is -2.45. The van der Waals surface area contributed by atoms with Crippen LogP contribution in [0.2, 0.25) is 0 Å². The Balaban J connectivity index is 1.44. The van der Waals surface area contributed by atoms with Gasteiger partial charge in [-0.15, -0.1) is 0 Å². The highest BCUT2D eigenvalue weighted by Crippen LogP contribution is 2.31. The molecule has 2 aliphatic heterocycles. The van der Waals surface area contributed by atoms with Gasteiger partial charge in [0.1, 0.15) is 5.82 Å². The molecule has 3 heterocycles. The number of nitrogens with one attached hydrogen (secondary N) is 1. The number of fused-ring (bicyclic) bond motifs is 1. The van der Waals surface area contributed by atoms with E-state index < -0.39 is 16.1 Å². The van der Waals surface area contributed by atoms with Crippen molar-refractivity contribution < 1.29 is 13.2 Å². The molecule has 0 bridgehead atoms. The van der Waals surface area contributed by atoms with Crippen molar-refractivity contribution in [2.24, 2.45) is 0 Å². The number of carbonyl (C=O) groups is 1. The number of anilines is 1. The van der Waals surface area contributed by atoms with Gasteiger partial charge in [-0.1, -0.05) is 48.5 Å². The van der Waals surface area contributed by atoms with Crippen molar-refractivity contribution in [1.82, 2.24) is 19.6 Å². The van der Waals surface area contributed by atoms with Crippen LogP contribution in [-0.2, 0) is 23.0 Å². The smallest absolute Gasteiger partial charge is 0.331 e. The number of sulfonamides is 1. The maximum absolute atomic E-state index is 12.9. The third-order valence-corrected chi connectivity index (χ3v) is 7.37. The molecule has 0 unspecified atom stereocenters. The number of benzene rings is 2. The van der Waals surface area contributed by atoms with E-state index in [9.17, 15) is 13.2 Å². The summed E-state index contributed by atoms with van der Waals surface area (Å²) in [5.74, 6) is 1.53. The van der Waals surface area contributed by atoms with Crippen LogP contribution < -0.4 is 9.62 Å². The topological polar surface area (TPSA) is 95.5 Å². The molecule has 1 aromatic heterocycles. The second kappa shape index (κ2) is 8.82. The molecule has 9 heteroatoms. The first kappa shape index (κ1) is 21.4. The summed E-state index contributed by atoms with van der Waals surface area (Å²) in [6, 6.07) is 17.1. The Morgan fingerprint density at radius 1 is 0.879 bits per heavy atom. The first-order chi connectivity index (χ1) is 16.0. The molecule has 0 radical (unpaired) electrons. The van der Waals surface area contributed by atoms with Crippen LogP contribution in [0.5, 0.6) is 0 Å². The van der Waals surface area contributed by atoms with E-state index in [0.29, 0.717) is 18.8 Å². The van der Waals surface area contributed by atoms with Crippen LogP contribution in [0.25, 0.3) is 11.4 Å². The third kappa shape index (κ3) is 4.41. The maximum Gasteiger partial charge on any atom is 0.331 e. The Bertz CT molecular complexity index is 1260. The van der Waals surface area contributed by atoms with E-state index in [-0.39, 0.29) is 11.4 Å². The van der Waals surface area contributed by atoms with Crippen LogP contribution in [0, 0.1) is 0 Å². The Morgan fingerprint density at radius 2 is 1.55 bits per heavy atom. The lowest BCUT2D eigenvalue weighted by Gasteiger charge is -2.31. The van der Waals surface area contributed by atoms with E-state index in [1.165, 1.54) is 17.0 Å². The predicted molar refractivity (Wildman–Crippen MR) is 125 cm³/mol. The number of urea groups is 1. The van der Waals surface area contributed by atoms with Gasteiger partial charge < -0.3 is 9.80 Å². The van der Waals surface area contributed by atoms with Crippen molar-refractivity contribution in [3.05, 3.63) is 71.9 Å². The van der Waals surface area contributed by atoms with E-state index in [0.717, 1.165) is 48.6 Å².